The number of hydrogen-bond acceptors (Lipinski definition) is 4. The third kappa shape index (κ3) is 4.66. The van der Waals surface area contributed by atoms with E-state index in [1.54, 1.807) is 4.90 Å². The van der Waals surface area contributed by atoms with Gasteiger partial charge < -0.3 is 15.0 Å². The minimum atomic E-state index is -0.376. The first-order valence-electron chi connectivity index (χ1n) is 9.27. The lowest BCUT2D eigenvalue weighted by Gasteiger charge is -2.28. The number of nitrogens with one attached hydrogen (secondary N) is 1. The highest BCUT2D eigenvalue weighted by Crippen LogP contribution is 2.27. The van der Waals surface area contributed by atoms with Crippen molar-refractivity contribution in [3.63, 3.8) is 0 Å². The average molecular weight is 388 g/mol. The van der Waals surface area contributed by atoms with Crippen LogP contribution < -0.4 is 10.2 Å². The van der Waals surface area contributed by atoms with Gasteiger partial charge in [0.15, 0.2) is 0 Å². The third-order valence-corrected chi connectivity index (χ3v) is 5.41. The van der Waals surface area contributed by atoms with Gasteiger partial charge in [-0.1, -0.05) is 37.4 Å². The summed E-state index contributed by atoms with van der Waals surface area (Å²) in [6, 6.07) is 7.98. The largest absolute Gasteiger partial charge is 0.442 e. The van der Waals surface area contributed by atoms with Gasteiger partial charge in [-0.25, -0.2) is 4.79 Å². The zero-order valence-corrected chi connectivity index (χ0v) is 16.6. The molecule has 1 N–H and O–H groups in total. The van der Waals surface area contributed by atoms with Gasteiger partial charge >= 0.3 is 6.09 Å². The molecule has 1 saturated heterocycles. The number of carbonyl (C=O) groups is 2. The summed E-state index contributed by atoms with van der Waals surface area (Å²) in [6.45, 7) is 6.10. The van der Waals surface area contributed by atoms with Crippen LogP contribution in [0.1, 0.15) is 32.3 Å². The van der Waals surface area contributed by atoms with Gasteiger partial charge in [0.1, 0.15) is 6.10 Å². The molecule has 7 heteroatoms. The number of nitrogens with zero attached hydrogens (tertiary/aromatic N) is 2. The van der Waals surface area contributed by atoms with Gasteiger partial charge in [-0.05, 0) is 36.1 Å². The molecule has 1 aromatic rings. The number of carbonyl (C=O) groups excluding carboxylic acids is 2. The Morgan fingerprint density at radius 2 is 2.07 bits per heavy atom. The zero-order chi connectivity index (χ0) is 19.4. The Kier molecular flexibility index (Phi) is 6.11. The van der Waals surface area contributed by atoms with E-state index in [1.165, 1.54) is 18.1 Å². The molecule has 0 radical (unpaired) electrons. The maximum Gasteiger partial charge on any atom is 0.414 e. The number of cyclic esters (lactones) is 1. The van der Waals surface area contributed by atoms with E-state index in [0.29, 0.717) is 13.1 Å². The molecule has 0 spiro atoms. The van der Waals surface area contributed by atoms with Gasteiger partial charge in [0.05, 0.1) is 18.1 Å². The second-order valence-corrected chi connectivity index (χ2v) is 7.24. The Hall–Kier alpha value is -2.41. The van der Waals surface area contributed by atoms with Crippen molar-refractivity contribution in [2.75, 3.05) is 31.1 Å². The molecule has 27 heavy (non-hydrogen) atoms. The lowest BCUT2D eigenvalue weighted by atomic mass is 9.99. The van der Waals surface area contributed by atoms with Crippen molar-refractivity contribution in [1.82, 2.24) is 10.2 Å². The third-order valence-electron chi connectivity index (χ3n) is 4.87. The molecule has 2 heterocycles. The average Bonchev–Trinajstić information content (AvgIpc) is 3.06. The van der Waals surface area contributed by atoms with Crippen LogP contribution in [0, 0.1) is 0 Å². The molecule has 144 valence electrons. The lowest BCUT2D eigenvalue weighted by molar-refractivity contribution is -0.119. The molecular formula is C20H25N3O3S. The SMILES string of the molecule is CCC(=S)N1CC=C(c2ccc(N3C[C@H](CNC(C)=O)OC3=O)cc2)CC1. The van der Waals surface area contributed by atoms with Crippen LogP contribution in [0.25, 0.3) is 5.57 Å². The van der Waals surface area contributed by atoms with E-state index in [2.05, 4.69) is 23.2 Å². The Balaban J connectivity index is 1.62. The minimum absolute atomic E-state index is 0.132. The molecular weight excluding hydrogens is 362 g/mol. The number of thiocarbonyl (C=S) groups is 1. The number of rotatable bonds is 5. The fourth-order valence-corrected chi connectivity index (χ4v) is 3.50. The molecule has 2 aliphatic heterocycles. The Morgan fingerprint density at radius 3 is 2.67 bits per heavy atom. The summed E-state index contributed by atoms with van der Waals surface area (Å²) in [5.41, 5.74) is 3.28. The van der Waals surface area contributed by atoms with Crippen LogP contribution in [0.2, 0.25) is 0 Å². The van der Waals surface area contributed by atoms with Crippen LogP contribution in [-0.4, -0.2) is 54.2 Å². The van der Waals surface area contributed by atoms with E-state index in [1.807, 2.05) is 24.3 Å². The molecule has 1 fully saturated rings. The number of ether oxygens (including phenoxy) is 1. The van der Waals surface area contributed by atoms with Crippen LogP contribution in [-0.2, 0) is 9.53 Å². The molecule has 3 rings (SSSR count). The first-order valence-corrected chi connectivity index (χ1v) is 9.68. The van der Waals surface area contributed by atoms with Crippen LogP contribution in [0.4, 0.5) is 10.5 Å². The van der Waals surface area contributed by atoms with Crippen molar-refractivity contribution in [3.8, 4) is 0 Å². The van der Waals surface area contributed by atoms with Gasteiger partial charge in [-0.15, -0.1) is 0 Å². The number of benzene rings is 1. The molecule has 6 nitrogen and oxygen atoms in total. The minimum Gasteiger partial charge on any atom is -0.442 e. The highest BCUT2D eigenvalue weighted by atomic mass is 32.1. The summed E-state index contributed by atoms with van der Waals surface area (Å²) in [5, 5.41) is 2.68. The van der Waals surface area contributed by atoms with Crippen molar-refractivity contribution in [2.45, 2.75) is 32.8 Å². The van der Waals surface area contributed by atoms with Crippen molar-refractivity contribution >= 4 is 40.5 Å². The highest BCUT2D eigenvalue weighted by molar-refractivity contribution is 7.80. The van der Waals surface area contributed by atoms with Gasteiger partial charge in [-0.3, -0.25) is 9.69 Å². The quantitative estimate of drug-likeness (QED) is 0.787. The van der Waals surface area contributed by atoms with E-state index in [0.717, 1.165) is 36.6 Å². The van der Waals surface area contributed by atoms with Crippen LogP contribution in [0.15, 0.2) is 30.3 Å². The fraction of sp³-hybridized carbons (Fsp3) is 0.450. The van der Waals surface area contributed by atoms with Gasteiger partial charge in [0, 0.05) is 25.7 Å². The van der Waals surface area contributed by atoms with Crippen molar-refractivity contribution in [3.05, 3.63) is 35.9 Å². The summed E-state index contributed by atoms with van der Waals surface area (Å²) < 4.78 is 5.31. The topological polar surface area (TPSA) is 61.9 Å². The molecule has 1 atom stereocenters. The predicted octanol–water partition coefficient (Wildman–Crippen LogP) is 2.97. The molecule has 0 unspecified atom stereocenters. The van der Waals surface area contributed by atoms with Crippen LogP contribution in [0.3, 0.4) is 0 Å². The number of anilines is 1. The van der Waals surface area contributed by atoms with E-state index in [9.17, 15) is 9.59 Å². The predicted molar refractivity (Wildman–Crippen MR) is 110 cm³/mol. The van der Waals surface area contributed by atoms with Gasteiger partial charge in [-0.2, -0.15) is 0 Å². The normalized spacial score (nSPS) is 19.6. The standard InChI is InChI=1S/C20H25N3O3S/c1-3-19(27)22-10-8-16(9-11-22)15-4-6-17(7-5-15)23-13-18(26-20(23)25)12-21-14(2)24/h4-8,18H,3,9-13H2,1-2H3,(H,21,24)/t18-/m0/s1. The summed E-state index contributed by atoms with van der Waals surface area (Å²) in [6.07, 6.45) is 3.40. The Bertz CT molecular complexity index is 760. The van der Waals surface area contributed by atoms with Gasteiger partial charge in [0.2, 0.25) is 5.91 Å². The summed E-state index contributed by atoms with van der Waals surface area (Å²) in [5.74, 6) is -0.132. The molecule has 2 aliphatic rings. The van der Waals surface area contributed by atoms with Crippen LogP contribution >= 0.6 is 12.2 Å². The zero-order valence-electron chi connectivity index (χ0n) is 15.7. The molecule has 0 aromatic heterocycles. The molecule has 0 saturated carbocycles. The summed E-state index contributed by atoms with van der Waals surface area (Å²) >= 11 is 5.39. The first-order chi connectivity index (χ1) is 13.0. The molecule has 2 amide bonds. The first kappa shape index (κ1) is 19.4. The monoisotopic (exact) mass is 387 g/mol. The van der Waals surface area contributed by atoms with E-state index >= 15 is 0 Å². The Labute approximate surface area is 165 Å². The summed E-state index contributed by atoms with van der Waals surface area (Å²) in [4.78, 5) is 28.0. The second-order valence-electron chi connectivity index (χ2n) is 6.77. The van der Waals surface area contributed by atoms with E-state index < -0.39 is 0 Å². The van der Waals surface area contributed by atoms with Gasteiger partial charge in [0.25, 0.3) is 0 Å². The second kappa shape index (κ2) is 8.52. The van der Waals surface area contributed by atoms with Crippen molar-refractivity contribution < 1.29 is 14.3 Å². The van der Waals surface area contributed by atoms with Crippen molar-refractivity contribution in [2.24, 2.45) is 0 Å². The van der Waals surface area contributed by atoms with Crippen molar-refractivity contribution in [1.29, 1.82) is 0 Å². The maximum atomic E-state index is 12.1. The molecule has 0 bridgehead atoms. The molecule has 0 aliphatic carbocycles. The van der Waals surface area contributed by atoms with E-state index in [-0.39, 0.29) is 18.1 Å². The number of hydrogen-bond donors (Lipinski definition) is 1. The lowest BCUT2D eigenvalue weighted by Crippen LogP contribution is -2.33. The van der Waals surface area contributed by atoms with E-state index in [4.69, 9.17) is 17.0 Å². The molecule has 1 aromatic carbocycles. The van der Waals surface area contributed by atoms with Crippen LogP contribution in [0.5, 0.6) is 0 Å². The smallest absolute Gasteiger partial charge is 0.414 e. The number of amides is 2. The Morgan fingerprint density at radius 1 is 1.33 bits per heavy atom. The summed E-state index contributed by atoms with van der Waals surface area (Å²) in [7, 11) is 0. The maximum absolute atomic E-state index is 12.1. The fourth-order valence-electron chi connectivity index (χ4n) is 3.33. The highest BCUT2D eigenvalue weighted by Gasteiger charge is 2.32.